The van der Waals surface area contributed by atoms with Crippen LogP contribution in [0.1, 0.15) is 13.3 Å². The number of nitrogens with one attached hydrogen (secondary N) is 3. The second-order valence-electron chi connectivity index (χ2n) is 5.19. The fraction of sp³-hybridized carbons (Fsp3) is 0.375. The number of hydrogen-bond donors (Lipinski definition) is 3. The highest BCUT2D eigenvalue weighted by molar-refractivity contribution is 5.99. The molecule has 0 radical (unpaired) electrons. The molecule has 1 aromatic rings. The molecule has 1 aromatic carbocycles. The molecule has 1 heterocycles. The van der Waals surface area contributed by atoms with Crippen LogP contribution in [0.5, 0.6) is 5.75 Å². The van der Waals surface area contributed by atoms with E-state index in [0.717, 1.165) is 0 Å². The first-order valence-electron chi connectivity index (χ1n) is 7.75. The van der Waals surface area contributed by atoms with Crippen molar-refractivity contribution >= 4 is 29.4 Å². The van der Waals surface area contributed by atoms with Gasteiger partial charge in [-0.15, -0.1) is 0 Å². The molecule has 1 aliphatic rings. The number of para-hydroxylation sites is 2. The Kier molecular flexibility index (Phi) is 6.33. The van der Waals surface area contributed by atoms with Gasteiger partial charge in [0, 0.05) is 6.54 Å². The normalized spacial score (nSPS) is 15.2. The van der Waals surface area contributed by atoms with E-state index < -0.39 is 30.5 Å². The minimum Gasteiger partial charge on any atom is -0.478 e. The summed E-state index contributed by atoms with van der Waals surface area (Å²) in [5, 5.41) is 7.45. The molecule has 0 saturated heterocycles. The molecule has 2 rings (SSSR count). The van der Waals surface area contributed by atoms with E-state index in [2.05, 4.69) is 16.0 Å². The van der Waals surface area contributed by atoms with Crippen molar-refractivity contribution in [1.29, 1.82) is 0 Å². The molecule has 0 unspecified atom stereocenters. The van der Waals surface area contributed by atoms with Crippen molar-refractivity contribution in [3.8, 4) is 5.75 Å². The minimum atomic E-state index is -1.03. The molecule has 0 spiro atoms. The molecule has 0 fully saturated rings. The maximum Gasteiger partial charge on any atom is 0.310 e. The molecular weight excluding hydrogens is 330 g/mol. The third-order valence-electron chi connectivity index (χ3n) is 3.24. The van der Waals surface area contributed by atoms with Gasteiger partial charge in [0.1, 0.15) is 5.75 Å². The van der Waals surface area contributed by atoms with Crippen molar-refractivity contribution in [3.63, 3.8) is 0 Å². The van der Waals surface area contributed by atoms with E-state index in [1.54, 1.807) is 31.2 Å². The van der Waals surface area contributed by atoms with Crippen LogP contribution < -0.4 is 20.7 Å². The Bertz CT molecular complexity index is 676. The predicted molar refractivity (Wildman–Crippen MR) is 86.8 cm³/mol. The van der Waals surface area contributed by atoms with E-state index in [1.165, 1.54) is 0 Å². The summed E-state index contributed by atoms with van der Waals surface area (Å²) in [4.78, 5) is 46.4. The van der Waals surface area contributed by atoms with Gasteiger partial charge in [-0.3, -0.25) is 19.2 Å². The molecule has 1 aliphatic heterocycles. The van der Waals surface area contributed by atoms with E-state index in [-0.39, 0.29) is 18.9 Å². The number of benzene rings is 1. The number of amides is 3. The summed E-state index contributed by atoms with van der Waals surface area (Å²) in [6.07, 6.45) is -1.36. The zero-order chi connectivity index (χ0) is 18.2. The number of likely N-dealkylation sites (N-methyl/N-ethyl adjacent to an activating group) is 1. The minimum absolute atomic E-state index is 0.199. The van der Waals surface area contributed by atoms with Crippen molar-refractivity contribution in [2.24, 2.45) is 0 Å². The Hall–Kier alpha value is -3.10. The van der Waals surface area contributed by atoms with Crippen LogP contribution in [0.3, 0.4) is 0 Å². The number of esters is 1. The van der Waals surface area contributed by atoms with Gasteiger partial charge in [-0.2, -0.15) is 0 Å². The first-order chi connectivity index (χ1) is 12.0. The number of fused-ring (bicyclic) bond motifs is 1. The van der Waals surface area contributed by atoms with Crippen LogP contribution in [0.25, 0.3) is 0 Å². The van der Waals surface area contributed by atoms with E-state index in [4.69, 9.17) is 9.47 Å². The van der Waals surface area contributed by atoms with Gasteiger partial charge in [-0.05, 0) is 19.1 Å². The van der Waals surface area contributed by atoms with Crippen molar-refractivity contribution in [2.75, 3.05) is 25.0 Å². The quantitative estimate of drug-likeness (QED) is 0.574. The summed E-state index contributed by atoms with van der Waals surface area (Å²) in [7, 11) is 0. The Morgan fingerprint density at radius 2 is 1.96 bits per heavy atom. The van der Waals surface area contributed by atoms with Crippen LogP contribution in [-0.4, -0.2) is 49.5 Å². The standard InChI is InChI=1S/C16H19N3O6/c1-2-17-13(20)8-18-14(21)9-24-15(22)7-12-16(23)19-10-5-3-4-6-11(10)25-12/h3-6,12H,2,7-9H2,1H3,(H,17,20)(H,18,21)(H,19,23)/t12-/m1/s1. The summed E-state index contributed by atoms with van der Waals surface area (Å²) < 4.78 is 10.3. The summed E-state index contributed by atoms with van der Waals surface area (Å²) in [5.41, 5.74) is 0.529. The van der Waals surface area contributed by atoms with Crippen molar-refractivity contribution in [2.45, 2.75) is 19.4 Å². The fourth-order valence-corrected chi connectivity index (χ4v) is 2.07. The number of rotatable bonds is 7. The fourth-order valence-electron chi connectivity index (χ4n) is 2.07. The molecule has 134 valence electrons. The second kappa shape index (κ2) is 8.67. The highest BCUT2D eigenvalue weighted by Gasteiger charge is 2.30. The van der Waals surface area contributed by atoms with Gasteiger partial charge in [-0.1, -0.05) is 12.1 Å². The number of carbonyl (C=O) groups is 4. The lowest BCUT2D eigenvalue weighted by Crippen LogP contribution is -2.40. The Labute approximate surface area is 144 Å². The largest absolute Gasteiger partial charge is 0.478 e. The van der Waals surface area contributed by atoms with Crippen LogP contribution in [0.2, 0.25) is 0 Å². The van der Waals surface area contributed by atoms with Crippen LogP contribution in [-0.2, 0) is 23.9 Å². The molecular formula is C16H19N3O6. The lowest BCUT2D eigenvalue weighted by Gasteiger charge is -2.25. The Morgan fingerprint density at radius 3 is 2.72 bits per heavy atom. The maximum absolute atomic E-state index is 11.9. The van der Waals surface area contributed by atoms with E-state index in [9.17, 15) is 19.2 Å². The van der Waals surface area contributed by atoms with Gasteiger partial charge in [-0.25, -0.2) is 0 Å². The lowest BCUT2D eigenvalue weighted by atomic mass is 10.1. The van der Waals surface area contributed by atoms with Crippen LogP contribution in [0.4, 0.5) is 5.69 Å². The maximum atomic E-state index is 11.9. The van der Waals surface area contributed by atoms with Gasteiger partial charge in [0.05, 0.1) is 18.7 Å². The van der Waals surface area contributed by atoms with Gasteiger partial charge >= 0.3 is 5.97 Å². The first-order valence-corrected chi connectivity index (χ1v) is 7.75. The molecule has 9 heteroatoms. The zero-order valence-corrected chi connectivity index (χ0v) is 13.7. The third kappa shape index (κ3) is 5.48. The summed E-state index contributed by atoms with van der Waals surface area (Å²) in [5.74, 6) is -1.71. The summed E-state index contributed by atoms with van der Waals surface area (Å²) in [6.45, 7) is 1.47. The monoisotopic (exact) mass is 349 g/mol. The van der Waals surface area contributed by atoms with Crippen molar-refractivity contribution < 1.29 is 28.7 Å². The number of anilines is 1. The highest BCUT2D eigenvalue weighted by atomic mass is 16.5. The Morgan fingerprint density at radius 1 is 1.20 bits per heavy atom. The molecule has 0 aromatic heterocycles. The van der Waals surface area contributed by atoms with E-state index in [0.29, 0.717) is 18.0 Å². The second-order valence-corrected chi connectivity index (χ2v) is 5.19. The van der Waals surface area contributed by atoms with Gasteiger partial charge < -0.3 is 25.4 Å². The molecule has 0 aliphatic carbocycles. The van der Waals surface area contributed by atoms with Crippen molar-refractivity contribution in [1.82, 2.24) is 10.6 Å². The van der Waals surface area contributed by atoms with Crippen molar-refractivity contribution in [3.05, 3.63) is 24.3 Å². The third-order valence-corrected chi connectivity index (χ3v) is 3.24. The molecule has 0 saturated carbocycles. The topological polar surface area (TPSA) is 123 Å². The first kappa shape index (κ1) is 18.2. The van der Waals surface area contributed by atoms with E-state index in [1.807, 2.05) is 0 Å². The van der Waals surface area contributed by atoms with Crippen LogP contribution in [0.15, 0.2) is 24.3 Å². The predicted octanol–water partition coefficient (Wildman–Crippen LogP) is -0.428. The highest BCUT2D eigenvalue weighted by Crippen LogP contribution is 2.29. The van der Waals surface area contributed by atoms with E-state index >= 15 is 0 Å². The molecule has 3 N–H and O–H groups in total. The lowest BCUT2D eigenvalue weighted by molar-refractivity contribution is -0.151. The number of hydrogen-bond acceptors (Lipinski definition) is 6. The van der Waals surface area contributed by atoms with Gasteiger partial charge in [0.25, 0.3) is 11.8 Å². The summed E-state index contributed by atoms with van der Waals surface area (Å²) >= 11 is 0. The van der Waals surface area contributed by atoms with Crippen LogP contribution in [0, 0.1) is 0 Å². The number of ether oxygens (including phenoxy) is 2. The smallest absolute Gasteiger partial charge is 0.310 e. The molecule has 1 atom stereocenters. The van der Waals surface area contributed by atoms with Gasteiger partial charge in [0.15, 0.2) is 12.7 Å². The number of carbonyl (C=O) groups excluding carboxylic acids is 4. The molecule has 3 amide bonds. The zero-order valence-electron chi connectivity index (χ0n) is 13.7. The molecule has 0 bridgehead atoms. The average Bonchev–Trinajstić information content (AvgIpc) is 2.59. The summed E-state index contributed by atoms with van der Waals surface area (Å²) in [6, 6.07) is 6.84. The molecule has 9 nitrogen and oxygen atoms in total. The van der Waals surface area contributed by atoms with Crippen LogP contribution >= 0.6 is 0 Å². The SMILES string of the molecule is CCNC(=O)CNC(=O)COC(=O)C[C@H]1Oc2ccccc2NC1=O. The van der Waals surface area contributed by atoms with Gasteiger partial charge in [0.2, 0.25) is 5.91 Å². The Balaban J connectivity index is 1.74. The molecule has 25 heavy (non-hydrogen) atoms. The average molecular weight is 349 g/mol.